The number of carbonyl (C=O) groups is 3. The summed E-state index contributed by atoms with van der Waals surface area (Å²) >= 11 is 5.67. The normalized spacial score (nSPS) is 11.3. The zero-order chi connectivity index (χ0) is 21.6. The molecule has 0 fully saturated rings. The Balaban J connectivity index is 1.88. The van der Waals surface area contributed by atoms with Crippen LogP contribution < -0.4 is 10.6 Å². The Labute approximate surface area is 168 Å². The largest absolute Gasteiger partial charge is 0.451 e. The van der Waals surface area contributed by atoms with Crippen molar-refractivity contribution in [1.82, 2.24) is 5.32 Å². The number of halogens is 2. The smallest absolute Gasteiger partial charge is 0.326 e. The van der Waals surface area contributed by atoms with Gasteiger partial charge in [0.1, 0.15) is 17.4 Å². The maximum Gasteiger partial charge on any atom is 0.326 e. The van der Waals surface area contributed by atoms with Crippen LogP contribution in [0.5, 0.6) is 0 Å². The number of benzene rings is 2. The predicted octanol–water partition coefficient (Wildman–Crippen LogP) is 2.69. The molecule has 2 rings (SSSR count). The highest BCUT2D eigenvalue weighted by Crippen LogP contribution is 2.25. The number of amides is 2. The third-order valence-electron chi connectivity index (χ3n) is 3.61. The molecule has 0 heterocycles. The van der Waals surface area contributed by atoms with Crippen LogP contribution in [0.4, 0.5) is 15.8 Å². The lowest BCUT2D eigenvalue weighted by Crippen LogP contribution is -2.36. The summed E-state index contributed by atoms with van der Waals surface area (Å²) in [5.74, 6) is -3.12. The number of hydrogen-bond acceptors (Lipinski definition) is 6. The van der Waals surface area contributed by atoms with Crippen molar-refractivity contribution in [2.75, 3.05) is 11.9 Å². The summed E-state index contributed by atoms with van der Waals surface area (Å²) in [5.41, 5.74) is -0.613. The van der Waals surface area contributed by atoms with Gasteiger partial charge in [-0.3, -0.25) is 24.5 Å². The zero-order valence-corrected chi connectivity index (χ0v) is 15.7. The number of nitrogens with one attached hydrogen (secondary N) is 2. The highest BCUT2D eigenvalue weighted by atomic mass is 35.5. The van der Waals surface area contributed by atoms with Gasteiger partial charge in [0.15, 0.2) is 6.10 Å². The van der Waals surface area contributed by atoms with E-state index in [1.54, 1.807) is 0 Å². The minimum atomic E-state index is -1.25. The van der Waals surface area contributed by atoms with Crippen molar-refractivity contribution in [2.24, 2.45) is 0 Å². The van der Waals surface area contributed by atoms with E-state index in [1.807, 2.05) is 0 Å². The van der Waals surface area contributed by atoms with E-state index >= 15 is 0 Å². The van der Waals surface area contributed by atoms with Crippen molar-refractivity contribution in [3.63, 3.8) is 0 Å². The van der Waals surface area contributed by atoms with Crippen molar-refractivity contribution >= 4 is 40.8 Å². The zero-order valence-electron chi connectivity index (χ0n) is 15.0. The van der Waals surface area contributed by atoms with Gasteiger partial charge in [-0.05, 0) is 31.2 Å². The molecule has 0 saturated carbocycles. The number of anilines is 1. The maximum atomic E-state index is 13.5. The molecule has 0 aliphatic carbocycles. The van der Waals surface area contributed by atoms with Crippen molar-refractivity contribution in [2.45, 2.75) is 13.0 Å². The van der Waals surface area contributed by atoms with Crippen LogP contribution in [-0.2, 0) is 14.3 Å². The number of hydrogen-bond donors (Lipinski definition) is 2. The highest BCUT2D eigenvalue weighted by molar-refractivity contribution is 6.32. The second-order valence-electron chi connectivity index (χ2n) is 5.71. The third kappa shape index (κ3) is 5.98. The van der Waals surface area contributed by atoms with Gasteiger partial charge in [0.25, 0.3) is 17.5 Å². The molecule has 1 atom stereocenters. The van der Waals surface area contributed by atoms with Crippen LogP contribution in [0.1, 0.15) is 17.3 Å². The van der Waals surface area contributed by atoms with E-state index in [0.717, 1.165) is 12.1 Å². The number of nitro groups is 1. The molecule has 0 aromatic heterocycles. The van der Waals surface area contributed by atoms with Gasteiger partial charge in [-0.2, -0.15) is 0 Å². The first-order valence-corrected chi connectivity index (χ1v) is 8.54. The second-order valence-corrected chi connectivity index (χ2v) is 6.11. The molecular weight excluding hydrogens is 409 g/mol. The monoisotopic (exact) mass is 423 g/mol. The summed E-state index contributed by atoms with van der Waals surface area (Å²) in [6, 6.07) is 8.87. The van der Waals surface area contributed by atoms with Gasteiger partial charge in [-0.15, -0.1) is 0 Å². The highest BCUT2D eigenvalue weighted by Gasteiger charge is 2.20. The molecule has 2 amide bonds. The summed E-state index contributed by atoms with van der Waals surface area (Å²) in [4.78, 5) is 45.9. The van der Waals surface area contributed by atoms with Crippen LogP contribution in [0.15, 0.2) is 42.5 Å². The summed E-state index contributed by atoms with van der Waals surface area (Å²) in [5, 5.41) is 15.2. The molecule has 2 aromatic carbocycles. The van der Waals surface area contributed by atoms with Crippen LogP contribution >= 0.6 is 11.6 Å². The fourth-order valence-electron chi connectivity index (χ4n) is 2.14. The number of rotatable bonds is 7. The Morgan fingerprint density at radius 1 is 1.24 bits per heavy atom. The molecule has 152 valence electrons. The number of ether oxygens (including phenoxy) is 1. The summed E-state index contributed by atoms with van der Waals surface area (Å²) < 4.78 is 18.4. The fourth-order valence-corrected chi connectivity index (χ4v) is 2.32. The van der Waals surface area contributed by atoms with E-state index in [-0.39, 0.29) is 16.3 Å². The number of para-hydroxylation sites is 1. The molecular formula is C18H15ClFN3O6. The van der Waals surface area contributed by atoms with Crippen molar-refractivity contribution < 1.29 is 28.4 Å². The summed E-state index contributed by atoms with van der Waals surface area (Å²) in [7, 11) is 0. The predicted molar refractivity (Wildman–Crippen MR) is 101 cm³/mol. The molecule has 0 spiro atoms. The van der Waals surface area contributed by atoms with Crippen LogP contribution in [-0.4, -0.2) is 35.4 Å². The standard InChI is InChI=1S/C18H15ClFN3O6/c1-10(17(25)22-14-5-3-2-4-13(14)20)29-16(24)9-21-18(26)11-6-7-12(19)15(8-11)23(27)28/h2-8,10H,9H2,1H3,(H,21,26)(H,22,25)/t10-/m0/s1. The number of esters is 1. The molecule has 11 heteroatoms. The first kappa shape index (κ1) is 21.8. The molecule has 9 nitrogen and oxygen atoms in total. The van der Waals surface area contributed by atoms with Gasteiger partial charge in [0.2, 0.25) is 0 Å². The molecule has 0 unspecified atom stereocenters. The molecule has 0 saturated heterocycles. The van der Waals surface area contributed by atoms with E-state index in [2.05, 4.69) is 10.6 Å². The number of carbonyl (C=O) groups excluding carboxylic acids is 3. The Kier molecular flexibility index (Phi) is 7.21. The first-order chi connectivity index (χ1) is 13.7. The minimum Gasteiger partial charge on any atom is -0.451 e. The Morgan fingerprint density at radius 3 is 2.59 bits per heavy atom. The van der Waals surface area contributed by atoms with Crippen LogP contribution in [0.3, 0.4) is 0 Å². The van der Waals surface area contributed by atoms with Crippen LogP contribution in [0.25, 0.3) is 0 Å². The third-order valence-corrected chi connectivity index (χ3v) is 3.93. The van der Waals surface area contributed by atoms with Crippen molar-refractivity contribution in [1.29, 1.82) is 0 Å². The lowest BCUT2D eigenvalue weighted by Gasteiger charge is -2.14. The van der Waals surface area contributed by atoms with E-state index < -0.39 is 46.9 Å². The lowest BCUT2D eigenvalue weighted by molar-refractivity contribution is -0.384. The van der Waals surface area contributed by atoms with Gasteiger partial charge < -0.3 is 15.4 Å². The molecule has 0 bridgehead atoms. The van der Waals surface area contributed by atoms with Gasteiger partial charge in [-0.25, -0.2) is 4.39 Å². The van der Waals surface area contributed by atoms with Gasteiger partial charge in [0, 0.05) is 11.6 Å². The molecule has 0 aliphatic heterocycles. The average molecular weight is 424 g/mol. The fraction of sp³-hybridized carbons (Fsp3) is 0.167. The van der Waals surface area contributed by atoms with Crippen molar-refractivity contribution in [3.8, 4) is 0 Å². The Bertz CT molecular complexity index is 968. The average Bonchev–Trinajstić information content (AvgIpc) is 2.67. The van der Waals surface area contributed by atoms with Crippen molar-refractivity contribution in [3.05, 3.63) is 69.0 Å². The van der Waals surface area contributed by atoms with Crippen LogP contribution in [0.2, 0.25) is 5.02 Å². The molecule has 29 heavy (non-hydrogen) atoms. The summed E-state index contributed by atoms with van der Waals surface area (Å²) in [6.45, 7) is 0.686. The van der Waals surface area contributed by atoms with E-state index in [9.17, 15) is 28.9 Å². The van der Waals surface area contributed by atoms with E-state index in [4.69, 9.17) is 16.3 Å². The van der Waals surface area contributed by atoms with Gasteiger partial charge in [0.05, 0.1) is 10.6 Å². The topological polar surface area (TPSA) is 128 Å². The molecule has 2 N–H and O–H groups in total. The van der Waals surface area contributed by atoms with Gasteiger partial charge >= 0.3 is 5.97 Å². The van der Waals surface area contributed by atoms with Gasteiger partial charge in [-0.1, -0.05) is 23.7 Å². The molecule has 0 aliphatic rings. The van der Waals surface area contributed by atoms with Crippen LogP contribution in [0, 0.1) is 15.9 Å². The molecule has 0 radical (unpaired) electrons. The molecule has 2 aromatic rings. The minimum absolute atomic E-state index is 0.0713. The number of nitrogens with zero attached hydrogens (tertiary/aromatic N) is 1. The Morgan fingerprint density at radius 2 is 1.93 bits per heavy atom. The quantitative estimate of drug-likeness (QED) is 0.400. The lowest BCUT2D eigenvalue weighted by atomic mass is 10.2. The second kappa shape index (κ2) is 9.60. The first-order valence-electron chi connectivity index (χ1n) is 8.16. The SMILES string of the molecule is C[C@H](OC(=O)CNC(=O)c1ccc(Cl)c([N+](=O)[O-])c1)C(=O)Nc1ccccc1F. The number of nitro benzene ring substituents is 1. The summed E-state index contributed by atoms with van der Waals surface area (Å²) in [6.07, 6.45) is -1.25. The van der Waals surface area contributed by atoms with E-state index in [0.29, 0.717) is 0 Å². The van der Waals surface area contributed by atoms with E-state index in [1.165, 1.54) is 37.3 Å². The maximum absolute atomic E-state index is 13.5. The Hall–Kier alpha value is -3.53.